The summed E-state index contributed by atoms with van der Waals surface area (Å²) in [7, 11) is 5.04. The monoisotopic (exact) mass is 480 g/mol. The van der Waals surface area contributed by atoms with Crippen molar-refractivity contribution in [2.24, 2.45) is 5.73 Å². The molecular formula is C27H33FN4O3. The van der Waals surface area contributed by atoms with Crippen LogP contribution in [-0.4, -0.2) is 67.1 Å². The average molecular weight is 481 g/mol. The van der Waals surface area contributed by atoms with E-state index in [4.69, 9.17) is 10.5 Å². The summed E-state index contributed by atoms with van der Waals surface area (Å²) in [6, 6.07) is 10.6. The van der Waals surface area contributed by atoms with Crippen LogP contribution in [0.25, 0.3) is 10.9 Å². The Kier molecular flexibility index (Phi) is 7.52. The van der Waals surface area contributed by atoms with Gasteiger partial charge in [0.25, 0.3) is 11.8 Å². The molecule has 3 aromatic rings. The molecule has 4 rings (SSSR count). The molecule has 0 spiro atoms. The number of aromatic nitrogens is 1. The quantitative estimate of drug-likeness (QED) is 0.560. The lowest BCUT2D eigenvalue weighted by molar-refractivity contribution is 0.0714. The number of carbonyl (C=O) groups is 2. The molecule has 0 atom stereocenters. The van der Waals surface area contributed by atoms with Gasteiger partial charge in [-0.05, 0) is 48.1 Å². The first-order chi connectivity index (χ1) is 16.8. The number of likely N-dealkylation sites (tertiary alicyclic amines) is 1. The van der Waals surface area contributed by atoms with Gasteiger partial charge in [0, 0.05) is 70.0 Å². The average Bonchev–Trinajstić information content (AvgIpc) is 3.25. The Bertz CT molecular complexity index is 1230. The molecule has 2 aromatic carbocycles. The van der Waals surface area contributed by atoms with Gasteiger partial charge in [0.2, 0.25) is 0 Å². The predicted octanol–water partition coefficient (Wildman–Crippen LogP) is 3.61. The SMILES string of the molecule is COCCn1cc(C(=O)N2CCC(c3cc(CN)ccc3F)CC2)c2c(C(=O)N(C)C)cccc21. The van der Waals surface area contributed by atoms with E-state index in [-0.39, 0.29) is 23.5 Å². The number of fused-ring (bicyclic) bond motifs is 1. The number of benzene rings is 2. The number of carbonyl (C=O) groups excluding carboxylic acids is 2. The van der Waals surface area contributed by atoms with E-state index < -0.39 is 0 Å². The number of nitrogens with zero attached hydrogens (tertiary/aromatic N) is 3. The molecule has 1 aliphatic rings. The molecule has 1 aliphatic heterocycles. The fraction of sp³-hybridized carbons (Fsp3) is 0.407. The summed E-state index contributed by atoms with van der Waals surface area (Å²) < 4.78 is 21.7. The molecule has 2 amide bonds. The van der Waals surface area contributed by atoms with Crippen molar-refractivity contribution < 1.29 is 18.7 Å². The zero-order chi connectivity index (χ0) is 25.1. The fourth-order valence-electron chi connectivity index (χ4n) is 4.91. The molecule has 8 heteroatoms. The summed E-state index contributed by atoms with van der Waals surface area (Å²) in [6.07, 6.45) is 3.17. The first kappa shape index (κ1) is 24.9. The Hall–Kier alpha value is -3.23. The zero-order valence-corrected chi connectivity index (χ0v) is 20.6. The number of hydrogen-bond acceptors (Lipinski definition) is 4. The number of hydrogen-bond donors (Lipinski definition) is 1. The van der Waals surface area contributed by atoms with Crippen LogP contribution >= 0.6 is 0 Å². The van der Waals surface area contributed by atoms with Gasteiger partial charge in [-0.1, -0.05) is 18.2 Å². The molecule has 2 heterocycles. The lowest BCUT2D eigenvalue weighted by Gasteiger charge is -2.32. The molecule has 0 aliphatic carbocycles. The van der Waals surface area contributed by atoms with Crippen molar-refractivity contribution in [2.75, 3.05) is 40.9 Å². The number of halogens is 1. The van der Waals surface area contributed by atoms with Crippen molar-refractivity contribution in [2.45, 2.75) is 31.8 Å². The van der Waals surface area contributed by atoms with E-state index in [1.807, 2.05) is 33.9 Å². The minimum absolute atomic E-state index is 0.0412. The molecule has 35 heavy (non-hydrogen) atoms. The summed E-state index contributed by atoms with van der Waals surface area (Å²) in [6.45, 7) is 2.46. The van der Waals surface area contributed by atoms with E-state index >= 15 is 0 Å². The first-order valence-electron chi connectivity index (χ1n) is 12.0. The molecule has 186 valence electrons. The predicted molar refractivity (Wildman–Crippen MR) is 134 cm³/mol. The largest absolute Gasteiger partial charge is 0.383 e. The third-order valence-electron chi connectivity index (χ3n) is 6.83. The van der Waals surface area contributed by atoms with Crippen LogP contribution in [-0.2, 0) is 17.8 Å². The van der Waals surface area contributed by atoms with Crippen molar-refractivity contribution in [3.8, 4) is 0 Å². The molecule has 1 saturated heterocycles. The maximum Gasteiger partial charge on any atom is 0.256 e. The van der Waals surface area contributed by atoms with Gasteiger partial charge in [-0.2, -0.15) is 0 Å². The Balaban J connectivity index is 1.63. The van der Waals surface area contributed by atoms with E-state index in [9.17, 15) is 14.0 Å². The van der Waals surface area contributed by atoms with Crippen molar-refractivity contribution in [1.82, 2.24) is 14.4 Å². The van der Waals surface area contributed by atoms with Crippen LogP contribution in [0.2, 0.25) is 0 Å². The molecule has 0 radical (unpaired) electrons. The van der Waals surface area contributed by atoms with Gasteiger partial charge in [-0.3, -0.25) is 9.59 Å². The van der Waals surface area contributed by atoms with Crippen LogP contribution in [0.3, 0.4) is 0 Å². The maximum absolute atomic E-state index is 14.5. The van der Waals surface area contributed by atoms with Crippen LogP contribution in [0.4, 0.5) is 4.39 Å². The molecule has 0 unspecified atom stereocenters. The minimum atomic E-state index is -0.222. The van der Waals surface area contributed by atoms with E-state index in [2.05, 4.69) is 0 Å². The Morgan fingerprint density at radius 1 is 1.14 bits per heavy atom. The third-order valence-corrected chi connectivity index (χ3v) is 6.83. The van der Waals surface area contributed by atoms with Gasteiger partial charge >= 0.3 is 0 Å². The van der Waals surface area contributed by atoms with Crippen molar-refractivity contribution in [1.29, 1.82) is 0 Å². The first-order valence-corrected chi connectivity index (χ1v) is 12.0. The van der Waals surface area contributed by atoms with E-state index in [0.29, 0.717) is 67.7 Å². The number of methoxy groups -OCH3 is 1. The van der Waals surface area contributed by atoms with Crippen LogP contribution in [0.5, 0.6) is 0 Å². The van der Waals surface area contributed by atoms with Crippen molar-refractivity contribution in [3.63, 3.8) is 0 Å². The normalized spacial score (nSPS) is 14.5. The van der Waals surface area contributed by atoms with Gasteiger partial charge in [0.15, 0.2) is 0 Å². The lowest BCUT2D eigenvalue weighted by Crippen LogP contribution is -2.38. The smallest absolute Gasteiger partial charge is 0.256 e. The second kappa shape index (κ2) is 10.6. The van der Waals surface area contributed by atoms with Crippen LogP contribution in [0.15, 0.2) is 42.6 Å². The van der Waals surface area contributed by atoms with E-state index in [0.717, 1.165) is 11.1 Å². The van der Waals surface area contributed by atoms with Gasteiger partial charge in [0.05, 0.1) is 12.2 Å². The number of rotatable bonds is 7. The van der Waals surface area contributed by atoms with Crippen LogP contribution in [0, 0.1) is 5.82 Å². The molecule has 0 bridgehead atoms. The highest BCUT2D eigenvalue weighted by Crippen LogP contribution is 2.33. The highest BCUT2D eigenvalue weighted by atomic mass is 19.1. The Labute approximate surface area is 205 Å². The molecule has 1 fully saturated rings. The summed E-state index contributed by atoms with van der Waals surface area (Å²) in [5, 5.41) is 0.663. The van der Waals surface area contributed by atoms with Gasteiger partial charge in [0.1, 0.15) is 5.82 Å². The zero-order valence-electron chi connectivity index (χ0n) is 20.6. The topological polar surface area (TPSA) is 80.8 Å². The Morgan fingerprint density at radius 2 is 1.89 bits per heavy atom. The highest BCUT2D eigenvalue weighted by Gasteiger charge is 2.29. The lowest BCUT2D eigenvalue weighted by atomic mass is 9.88. The molecule has 7 nitrogen and oxygen atoms in total. The van der Waals surface area contributed by atoms with Crippen molar-refractivity contribution >= 4 is 22.7 Å². The van der Waals surface area contributed by atoms with Crippen LogP contribution in [0.1, 0.15) is 50.6 Å². The van der Waals surface area contributed by atoms with Gasteiger partial charge < -0.3 is 24.8 Å². The molecule has 0 saturated carbocycles. The van der Waals surface area contributed by atoms with E-state index in [1.165, 1.54) is 11.0 Å². The number of nitrogens with two attached hydrogens (primary N) is 1. The second-order valence-corrected chi connectivity index (χ2v) is 9.25. The summed E-state index contributed by atoms with van der Waals surface area (Å²) >= 11 is 0. The number of amides is 2. The second-order valence-electron chi connectivity index (χ2n) is 9.25. The standard InChI is InChI=1S/C27H33FN4O3/c1-30(2)26(33)20-5-4-6-24-25(20)22(17-32(24)13-14-35-3)27(34)31-11-9-19(10-12-31)21-15-18(16-29)7-8-23(21)28/h4-8,15,17,19H,9-14,16,29H2,1-3H3. The van der Waals surface area contributed by atoms with Crippen molar-refractivity contribution in [3.05, 3.63) is 70.7 Å². The summed E-state index contributed by atoms with van der Waals surface area (Å²) in [5.74, 6) is -0.442. The minimum Gasteiger partial charge on any atom is -0.383 e. The number of ether oxygens (including phenoxy) is 1. The Morgan fingerprint density at radius 3 is 2.54 bits per heavy atom. The highest BCUT2D eigenvalue weighted by molar-refractivity contribution is 6.15. The molecular weight excluding hydrogens is 447 g/mol. The summed E-state index contributed by atoms with van der Waals surface area (Å²) in [5.41, 5.74) is 9.16. The van der Waals surface area contributed by atoms with Crippen LogP contribution < -0.4 is 5.73 Å². The summed E-state index contributed by atoms with van der Waals surface area (Å²) in [4.78, 5) is 30.0. The molecule has 1 aromatic heterocycles. The third kappa shape index (κ3) is 4.94. The molecule has 2 N–H and O–H groups in total. The maximum atomic E-state index is 14.5. The van der Waals surface area contributed by atoms with E-state index in [1.54, 1.807) is 33.3 Å². The number of piperidine rings is 1. The van der Waals surface area contributed by atoms with Gasteiger partial charge in [-0.15, -0.1) is 0 Å². The van der Waals surface area contributed by atoms with Gasteiger partial charge in [-0.25, -0.2) is 4.39 Å². The fourth-order valence-corrected chi connectivity index (χ4v) is 4.91.